The molecule has 0 saturated carbocycles. The molecule has 11 heteroatoms. The lowest BCUT2D eigenvalue weighted by molar-refractivity contribution is 0.0992. The second kappa shape index (κ2) is 8.05. The number of thiophene rings is 1. The molecule has 0 aliphatic carbocycles. The van der Waals surface area contributed by atoms with Crippen molar-refractivity contribution in [2.24, 2.45) is 5.73 Å². The van der Waals surface area contributed by atoms with Gasteiger partial charge in [-0.05, 0) is 18.6 Å². The van der Waals surface area contributed by atoms with Gasteiger partial charge in [0.15, 0.2) is 5.82 Å². The maximum absolute atomic E-state index is 14.1. The highest BCUT2D eigenvalue weighted by atomic mass is 32.1. The number of carbonyl (C=O) groups excluding carboxylic acids is 2. The topological polar surface area (TPSA) is 116 Å². The minimum atomic E-state index is -1.11. The van der Waals surface area contributed by atoms with Crippen molar-refractivity contribution in [1.82, 2.24) is 9.97 Å². The van der Waals surface area contributed by atoms with Gasteiger partial charge in [0.05, 0.1) is 28.6 Å². The number of halogens is 2. The predicted molar refractivity (Wildman–Crippen MR) is 102 cm³/mol. The third-order valence-corrected chi connectivity index (χ3v) is 5.23. The monoisotopic (exact) mass is 422 g/mol. The van der Waals surface area contributed by atoms with Gasteiger partial charge in [-0.25, -0.2) is 13.8 Å². The molecule has 0 radical (unpaired) electrons. The molecule has 8 nitrogen and oxygen atoms in total. The van der Waals surface area contributed by atoms with E-state index in [1.807, 2.05) is 0 Å². The first-order valence-corrected chi connectivity index (χ1v) is 9.01. The molecule has 2 amide bonds. The molecule has 0 atom stereocenters. The number of amides is 2. The molecule has 0 unspecified atom stereocenters. The number of hydrogen-bond donors (Lipinski definition) is 2. The zero-order chi connectivity index (χ0) is 21.3. The number of aromatic nitrogens is 2. The van der Waals surface area contributed by atoms with E-state index in [0.717, 1.165) is 17.4 Å². The van der Waals surface area contributed by atoms with E-state index in [2.05, 4.69) is 15.3 Å². The van der Waals surface area contributed by atoms with E-state index < -0.39 is 29.0 Å². The van der Waals surface area contributed by atoms with E-state index in [1.165, 1.54) is 14.2 Å². The number of nitrogens with two attached hydrogens (primary N) is 1. The van der Waals surface area contributed by atoms with Crippen LogP contribution < -0.4 is 15.8 Å². The van der Waals surface area contributed by atoms with Crippen molar-refractivity contribution in [3.63, 3.8) is 0 Å². The number of methoxy groups -OCH3 is 2. The summed E-state index contributed by atoms with van der Waals surface area (Å²) in [7, 11) is 2.94. The van der Waals surface area contributed by atoms with E-state index in [9.17, 15) is 18.4 Å². The van der Waals surface area contributed by atoms with Gasteiger partial charge in [0.25, 0.3) is 11.8 Å². The third-order valence-electron chi connectivity index (χ3n) is 4.05. The van der Waals surface area contributed by atoms with Crippen LogP contribution in [0.4, 0.5) is 14.5 Å². The maximum atomic E-state index is 14.1. The normalized spacial score (nSPS) is 10.9. The van der Waals surface area contributed by atoms with Crippen molar-refractivity contribution in [1.29, 1.82) is 0 Å². The molecule has 0 bridgehead atoms. The van der Waals surface area contributed by atoms with Gasteiger partial charge in [0.2, 0.25) is 5.88 Å². The van der Waals surface area contributed by atoms with Crippen LogP contribution >= 0.6 is 11.3 Å². The number of fused-ring (bicyclic) bond motifs is 1. The van der Waals surface area contributed by atoms with Crippen molar-refractivity contribution in [2.45, 2.75) is 13.5 Å². The van der Waals surface area contributed by atoms with Crippen LogP contribution in [-0.4, -0.2) is 36.0 Å². The fourth-order valence-electron chi connectivity index (χ4n) is 2.71. The van der Waals surface area contributed by atoms with Crippen LogP contribution in [0.1, 0.15) is 31.4 Å². The highest BCUT2D eigenvalue weighted by molar-refractivity contribution is 7.20. The zero-order valence-corrected chi connectivity index (χ0v) is 16.4. The van der Waals surface area contributed by atoms with Crippen molar-refractivity contribution >= 4 is 39.1 Å². The molecule has 3 rings (SSSR count). The summed E-state index contributed by atoms with van der Waals surface area (Å²) in [4.78, 5) is 33.3. The lowest BCUT2D eigenvalue weighted by atomic mass is 10.1. The van der Waals surface area contributed by atoms with Crippen molar-refractivity contribution < 1.29 is 27.8 Å². The van der Waals surface area contributed by atoms with Crippen LogP contribution in [0.25, 0.3) is 10.2 Å². The number of hydrogen-bond acceptors (Lipinski definition) is 7. The molecular weight excluding hydrogens is 406 g/mol. The van der Waals surface area contributed by atoms with Crippen LogP contribution in [0.2, 0.25) is 0 Å². The second-order valence-corrected chi connectivity index (χ2v) is 6.95. The minimum Gasteiger partial charge on any atom is -0.480 e. The van der Waals surface area contributed by atoms with Gasteiger partial charge >= 0.3 is 0 Å². The van der Waals surface area contributed by atoms with Crippen LogP contribution in [0.5, 0.6) is 5.88 Å². The van der Waals surface area contributed by atoms with Gasteiger partial charge in [-0.15, -0.1) is 11.3 Å². The maximum Gasteiger partial charge on any atom is 0.266 e. The summed E-state index contributed by atoms with van der Waals surface area (Å²) < 4.78 is 38.0. The van der Waals surface area contributed by atoms with Gasteiger partial charge in [-0.1, -0.05) is 0 Å². The molecule has 2 aromatic heterocycles. The Kier molecular flexibility index (Phi) is 5.71. The molecule has 3 aromatic rings. The van der Waals surface area contributed by atoms with E-state index in [1.54, 1.807) is 6.92 Å². The Morgan fingerprint density at radius 2 is 1.93 bits per heavy atom. The van der Waals surface area contributed by atoms with E-state index in [-0.39, 0.29) is 23.1 Å². The second-order valence-electron chi connectivity index (χ2n) is 5.95. The number of aryl methyl sites for hydroxylation is 1. The Morgan fingerprint density at radius 1 is 1.21 bits per heavy atom. The number of rotatable bonds is 6. The summed E-state index contributed by atoms with van der Waals surface area (Å²) in [5.74, 6) is -3.25. The van der Waals surface area contributed by atoms with E-state index in [4.69, 9.17) is 15.2 Å². The van der Waals surface area contributed by atoms with Crippen molar-refractivity contribution in [2.75, 3.05) is 19.5 Å². The molecule has 2 heterocycles. The van der Waals surface area contributed by atoms with Crippen LogP contribution in [0.3, 0.4) is 0 Å². The molecule has 0 aliphatic heterocycles. The first-order chi connectivity index (χ1) is 13.8. The highest BCUT2D eigenvalue weighted by Gasteiger charge is 2.23. The largest absolute Gasteiger partial charge is 0.480 e. The number of primary amides is 1. The Labute approximate surface area is 167 Å². The molecule has 0 saturated heterocycles. The molecule has 1 aromatic carbocycles. The molecular formula is C18H16F2N4O4S. The number of benzene rings is 1. The van der Waals surface area contributed by atoms with E-state index in [0.29, 0.717) is 27.7 Å². The average molecular weight is 422 g/mol. The molecule has 152 valence electrons. The summed E-state index contributed by atoms with van der Waals surface area (Å²) in [6.45, 7) is 1.83. The Hall–Kier alpha value is -3.18. The summed E-state index contributed by atoms with van der Waals surface area (Å²) in [6, 6.07) is 1.34. The van der Waals surface area contributed by atoms with E-state index >= 15 is 0 Å². The van der Waals surface area contributed by atoms with Crippen LogP contribution in [0.15, 0.2) is 12.1 Å². The standard InChI is InChI=1S/C18H16F2N4O4S/c1-7-13-17(28-3)23-12(6-27-2)24-18(13)29-14(7)16(26)22-11-4-8(15(21)25)9(19)5-10(11)20/h4-5H,6H2,1-3H3,(H2,21,25)(H,22,26). The van der Waals surface area contributed by atoms with Crippen LogP contribution in [-0.2, 0) is 11.3 Å². The average Bonchev–Trinajstić information content (AvgIpc) is 3.00. The summed E-state index contributed by atoms with van der Waals surface area (Å²) in [6.07, 6.45) is 0. The number of nitrogens with one attached hydrogen (secondary N) is 1. The summed E-state index contributed by atoms with van der Waals surface area (Å²) in [5.41, 5.74) is 4.69. The fourth-order valence-corrected chi connectivity index (χ4v) is 3.80. The zero-order valence-electron chi connectivity index (χ0n) is 15.6. The molecule has 0 spiro atoms. The number of carbonyl (C=O) groups is 2. The van der Waals surface area contributed by atoms with Gasteiger partial charge in [-0.2, -0.15) is 4.98 Å². The predicted octanol–water partition coefficient (Wildman–Crippen LogP) is 2.78. The Morgan fingerprint density at radius 3 is 2.55 bits per heavy atom. The third kappa shape index (κ3) is 3.87. The first kappa shape index (κ1) is 20.6. The van der Waals surface area contributed by atoms with Crippen molar-refractivity contribution in [3.8, 4) is 5.88 Å². The highest BCUT2D eigenvalue weighted by Crippen LogP contribution is 2.35. The van der Waals surface area contributed by atoms with Gasteiger partial charge in [0, 0.05) is 13.2 Å². The lowest BCUT2D eigenvalue weighted by Gasteiger charge is -2.08. The quantitative estimate of drug-likeness (QED) is 0.631. The minimum absolute atomic E-state index is 0.154. The summed E-state index contributed by atoms with van der Waals surface area (Å²) >= 11 is 1.05. The van der Waals surface area contributed by atoms with Crippen LogP contribution in [0, 0.1) is 18.6 Å². The molecule has 0 fully saturated rings. The molecule has 3 N–H and O–H groups in total. The SMILES string of the molecule is COCc1nc(OC)c2c(C)c(C(=O)Nc3cc(C(N)=O)c(F)cc3F)sc2n1. The van der Waals surface area contributed by atoms with Gasteiger partial charge in [-0.3, -0.25) is 9.59 Å². The molecule has 29 heavy (non-hydrogen) atoms. The van der Waals surface area contributed by atoms with Gasteiger partial charge in [0.1, 0.15) is 23.1 Å². The number of nitrogens with zero attached hydrogens (tertiary/aromatic N) is 2. The summed E-state index contributed by atoms with van der Waals surface area (Å²) in [5, 5.41) is 2.88. The first-order valence-electron chi connectivity index (χ1n) is 8.20. The van der Waals surface area contributed by atoms with Gasteiger partial charge < -0.3 is 20.5 Å². The Bertz CT molecular complexity index is 1130. The fraction of sp³-hybridized carbons (Fsp3) is 0.222. The Balaban J connectivity index is 2.03. The lowest BCUT2D eigenvalue weighted by Crippen LogP contribution is -2.17. The number of ether oxygens (including phenoxy) is 2. The smallest absolute Gasteiger partial charge is 0.266 e. The van der Waals surface area contributed by atoms with Crippen molar-refractivity contribution in [3.05, 3.63) is 45.6 Å². The number of anilines is 1. The molecule has 0 aliphatic rings.